The third-order valence-electron chi connectivity index (χ3n) is 5.12. The Hall–Kier alpha value is 0.627. The van der Waals surface area contributed by atoms with E-state index in [4.69, 9.17) is 0 Å². The Bertz CT molecular complexity index is 489. The molecule has 1 aliphatic heterocycles. The predicted molar refractivity (Wildman–Crippen MR) is 82.5 cm³/mol. The predicted octanol–water partition coefficient (Wildman–Crippen LogP) is -0.603. The Labute approximate surface area is 154 Å². The first-order valence-corrected chi connectivity index (χ1v) is 13.9. The van der Waals surface area contributed by atoms with E-state index in [0.29, 0.717) is 2.79 Å². The first-order valence-electron chi connectivity index (χ1n) is 7.72. The van der Waals surface area contributed by atoms with Crippen LogP contribution in [0.25, 0.3) is 0 Å². The molecular weight excluding hydrogens is 482 g/mol. The van der Waals surface area contributed by atoms with Crippen molar-refractivity contribution in [2.45, 2.75) is 54.0 Å². The van der Waals surface area contributed by atoms with Gasteiger partial charge in [-0.2, -0.15) is 0 Å². The minimum Gasteiger partial charge on any atom is -1.00 e. The first-order chi connectivity index (χ1) is 9.20. The molecule has 0 N–H and O–H groups in total. The third kappa shape index (κ3) is 3.59. The van der Waals surface area contributed by atoms with Crippen molar-refractivity contribution >= 4 is 8.07 Å². The van der Waals surface area contributed by atoms with Crippen LogP contribution in [0.1, 0.15) is 33.1 Å². The average molecular weight is 506 g/mol. The molecule has 1 saturated heterocycles. The van der Waals surface area contributed by atoms with Crippen molar-refractivity contribution in [3.63, 3.8) is 0 Å². The summed E-state index contributed by atoms with van der Waals surface area (Å²) < 4.78 is 2.51. The van der Waals surface area contributed by atoms with Crippen LogP contribution in [0.15, 0.2) is 45.4 Å². The maximum atomic E-state index is 2.73. The van der Waals surface area contributed by atoms with Gasteiger partial charge in [-0.1, -0.05) is 0 Å². The maximum absolute atomic E-state index is 2.73. The summed E-state index contributed by atoms with van der Waals surface area (Å²) in [5.74, 6) is 0. The summed E-state index contributed by atoms with van der Waals surface area (Å²) in [7, 11) is -1.01. The molecule has 0 aromatic heterocycles. The molecule has 21 heavy (non-hydrogen) atoms. The molecule has 0 spiro atoms. The van der Waals surface area contributed by atoms with Crippen LogP contribution in [0, 0.1) is 0 Å². The second-order valence-electron chi connectivity index (χ2n) is 6.42. The van der Waals surface area contributed by atoms with Crippen molar-refractivity contribution in [3.8, 4) is 0 Å². The maximum Gasteiger partial charge on any atom is -1.00 e. The van der Waals surface area contributed by atoms with Gasteiger partial charge in [-0.3, -0.25) is 0 Å². The van der Waals surface area contributed by atoms with Gasteiger partial charge in [0.05, 0.1) is 0 Å². The van der Waals surface area contributed by atoms with Crippen LogP contribution >= 0.6 is 0 Å². The number of hydrogen-bond donors (Lipinski definition) is 0. The van der Waals surface area contributed by atoms with E-state index in [9.17, 15) is 0 Å². The van der Waals surface area contributed by atoms with Crippen molar-refractivity contribution < 1.29 is 47.7 Å². The molecule has 2 aliphatic carbocycles. The summed E-state index contributed by atoms with van der Waals surface area (Å²) in [6, 6.07) is 4.81. The summed E-state index contributed by atoms with van der Waals surface area (Å²) in [6.45, 7) is 4.72. The van der Waals surface area contributed by atoms with Gasteiger partial charge in [0.1, 0.15) is 0 Å². The molecule has 3 aliphatic rings. The number of halogens is 2. The molecule has 0 radical (unpaired) electrons. The number of rotatable bonds is 5. The Morgan fingerprint density at radius 3 is 2.48 bits per heavy atom. The fourth-order valence-corrected chi connectivity index (χ4v) is 22.4. The van der Waals surface area contributed by atoms with E-state index in [1.165, 1.54) is 19.3 Å². The molecule has 1 heterocycles. The molecule has 114 valence electrons. The zero-order chi connectivity index (χ0) is 13.3. The van der Waals surface area contributed by atoms with Crippen molar-refractivity contribution in [3.05, 3.63) is 45.4 Å². The zero-order valence-corrected chi connectivity index (χ0v) is 19.1. The van der Waals surface area contributed by atoms with E-state index >= 15 is 0 Å². The largest absolute Gasteiger partial charge is 1.00 e. The molecule has 3 rings (SSSR count). The molecule has 1 unspecified atom stereocenters. The molecule has 1 fully saturated rings. The van der Waals surface area contributed by atoms with Crippen molar-refractivity contribution in [1.29, 1.82) is 0 Å². The molecule has 0 amide bonds. The number of hydrogen-bond acceptors (Lipinski definition) is 0. The summed E-state index contributed by atoms with van der Waals surface area (Å²) >= 11 is -0.748. The van der Waals surface area contributed by atoms with Crippen molar-refractivity contribution in [2.24, 2.45) is 0 Å². The third-order valence-corrected chi connectivity index (χ3v) is 23.1. The fourth-order valence-electron chi connectivity index (χ4n) is 4.02. The molecular formula is C17H24Cl2HfSi. The van der Waals surface area contributed by atoms with Gasteiger partial charge in [0, 0.05) is 0 Å². The fraction of sp³-hybridized carbons (Fsp3) is 0.529. The van der Waals surface area contributed by atoms with Crippen LogP contribution in [0.4, 0.5) is 0 Å². The van der Waals surface area contributed by atoms with E-state index in [1.807, 2.05) is 3.33 Å². The van der Waals surface area contributed by atoms with Crippen LogP contribution in [0.5, 0.6) is 0 Å². The van der Waals surface area contributed by atoms with Gasteiger partial charge >= 0.3 is 130 Å². The minimum atomic E-state index is -1.01. The standard InChI is InChI=1S/C12H19Si.C5H5.2ClH.Hf/c1-3-7-13(8-4-9-13)12-6-5-11(2)10-12;1-2-4-5-3-1;;;/h5-6,10H,3-4,7-9H2,1-2H3;1-3H,4H2;2*1H;/q;;;;+2/p-2. The molecule has 1 atom stereocenters. The van der Waals surface area contributed by atoms with Crippen molar-refractivity contribution in [2.75, 3.05) is 0 Å². The van der Waals surface area contributed by atoms with Crippen LogP contribution in [-0.2, 0) is 22.9 Å². The first kappa shape index (κ1) is 19.7. The van der Waals surface area contributed by atoms with Gasteiger partial charge in [-0.05, 0) is 0 Å². The quantitative estimate of drug-likeness (QED) is 0.438. The summed E-state index contributed by atoms with van der Waals surface area (Å²) in [5, 5.41) is 0. The van der Waals surface area contributed by atoms with Gasteiger partial charge in [0.25, 0.3) is 0 Å². The molecule has 0 aromatic carbocycles. The zero-order valence-electron chi connectivity index (χ0n) is 13.0. The summed E-state index contributed by atoms with van der Waals surface area (Å²) in [6.07, 6.45) is 19.2. The Morgan fingerprint density at radius 1 is 1.29 bits per heavy atom. The van der Waals surface area contributed by atoms with E-state index in [1.54, 1.807) is 23.7 Å². The topological polar surface area (TPSA) is 0 Å². The Morgan fingerprint density at radius 2 is 2.05 bits per heavy atom. The summed E-state index contributed by atoms with van der Waals surface area (Å²) in [4.78, 5) is 0. The molecule has 4 heteroatoms. The van der Waals surface area contributed by atoms with Gasteiger partial charge in [0.15, 0.2) is 0 Å². The normalized spacial score (nSPS) is 27.9. The second-order valence-corrected chi connectivity index (χ2v) is 19.3. The van der Waals surface area contributed by atoms with Crippen LogP contribution < -0.4 is 24.8 Å². The second kappa shape index (κ2) is 7.94. The van der Waals surface area contributed by atoms with E-state index in [2.05, 4.69) is 50.3 Å². The van der Waals surface area contributed by atoms with E-state index in [-0.39, 0.29) is 24.8 Å². The van der Waals surface area contributed by atoms with E-state index in [0.717, 1.165) is 0 Å². The van der Waals surface area contributed by atoms with E-state index < -0.39 is 31.0 Å². The molecule has 0 aromatic rings. The van der Waals surface area contributed by atoms with Gasteiger partial charge in [-0.25, -0.2) is 0 Å². The smallest absolute Gasteiger partial charge is 1.00 e. The van der Waals surface area contributed by atoms with Gasteiger partial charge < -0.3 is 24.8 Å². The minimum absolute atomic E-state index is 0. The summed E-state index contributed by atoms with van der Waals surface area (Å²) in [5.41, 5.74) is 1.55. The van der Waals surface area contributed by atoms with Gasteiger partial charge in [-0.15, -0.1) is 0 Å². The van der Waals surface area contributed by atoms with Crippen LogP contribution in [0.2, 0.25) is 20.9 Å². The molecule has 0 bridgehead atoms. The average Bonchev–Trinajstić information content (AvgIpc) is 2.95. The Kier molecular flexibility index (Phi) is 7.44. The molecule has 0 saturated carbocycles. The Balaban J connectivity index is 0.00000110. The van der Waals surface area contributed by atoms with Crippen LogP contribution in [-0.4, -0.2) is 8.07 Å². The van der Waals surface area contributed by atoms with Crippen LogP contribution in [0.3, 0.4) is 0 Å². The van der Waals surface area contributed by atoms with Gasteiger partial charge in [0.2, 0.25) is 0 Å². The van der Waals surface area contributed by atoms with Crippen molar-refractivity contribution in [1.82, 2.24) is 0 Å². The number of allylic oxidation sites excluding steroid dienone is 8. The SMILES string of the molecule is CCC[Si]1([C]2([Hf+2][C]3=CC=CC3)C=CC(C)=C2)CCC1.[Cl-].[Cl-]. The molecule has 0 nitrogen and oxygen atoms in total. The monoisotopic (exact) mass is 506 g/mol.